The zero-order chi connectivity index (χ0) is 11.7. The van der Waals surface area contributed by atoms with Gasteiger partial charge in [0, 0.05) is 13.5 Å². The summed E-state index contributed by atoms with van der Waals surface area (Å²) in [7, 11) is 0. The highest BCUT2D eigenvalue weighted by molar-refractivity contribution is 14.1. The van der Waals surface area contributed by atoms with Crippen LogP contribution in [0.3, 0.4) is 0 Å². The van der Waals surface area contributed by atoms with Gasteiger partial charge in [0.05, 0.1) is 10.4 Å². The molecular formula is C11H8Cl2INS. The fourth-order valence-corrected chi connectivity index (χ4v) is 3.33. The smallest absolute Gasteiger partial charge is 0.0931 e. The summed E-state index contributed by atoms with van der Waals surface area (Å²) in [6.45, 7) is 0. The van der Waals surface area contributed by atoms with Crippen molar-refractivity contribution >= 4 is 57.1 Å². The van der Waals surface area contributed by atoms with Gasteiger partial charge < -0.3 is 5.73 Å². The van der Waals surface area contributed by atoms with E-state index in [0.29, 0.717) is 5.02 Å². The molecular weight excluding hydrogens is 376 g/mol. The Kier molecular flexibility index (Phi) is 4.13. The molecule has 1 atom stereocenters. The summed E-state index contributed by atoms with van der Waals surface area (Å²) >= 11 is 15.6. The molecule has 0 aliphatic carbocycles. The summed E-state index contributed by atoms with van der Waals surface area (Å²) in [6, 6.07) is 9.38. The molecule has 0 saturated carbocycles. The Morgan fingerprint density at radius 2 is 1.94 bits per heavy atom. The van der Waals surface area contributed by atoms with Crippen molar-refractivity contribution in [2.45, 2.75) is 6.04 Å². The van der Waals surface area contributed by atoms with Crippen LogP contribution in [0.15, 0.2) is 30.3 Å². The highest BCUT2D eigenvalue weighted by Gasteiger charge is 2.14. The highest BCUT2D eigenvalue weighted by atomic mass is 127. The Balaban J connectivity index is 2.40. The molecule has 2 N–H and O–H groups in total. The minimum atomic E-state index is -0.164. The van der Waals surface area contributed by atoms with E-state index in [2.05, 4.69) is 22.6 Å². The first kappa shape index (κ1) is 12.6. The van der Waals surface area contributed by atoms with Gasteiger partial charge in [-0.25, -0.2) is 0 Å². The monoisotopic (exact) mass is 383 g/mol. The van der Waals surface area contributed by atoms with Gasteiger partial charge in [0.15, 0.2) is 0 Å². The van der Waals surface area contributed by atoms with E-state index >= 15 is 0 Å². The lowest BCUT2D eigenvalue weighted by atomic mass is 10.1. The SMILES string of the molecule is NC(c1ccc(Cl)s1)c1cc(Cl)ccc1I. The Morgan fingerprint density at radius 1 is 1.19 bits per heavy atom. The van der Waals surface area contributed by atoms with Crippen LogP contribution in [-0.4, -0.2) is 0 Å². The van der Waals surface area contributed by atoms with E-state index in [-0.39, 0.29) is 6.04 Å². The fraction of sp³-hybridized carbons (Fsp3) is 0.0909. The summed E-state index contributed by atoms with van der Waals surface area (Å²) < 4.78 is 1.86. The normalized spacial score (nSPS) is 12.8. The number of halogens is 3. The maximum absolute atomic E-state index is 6.19. The summed E-state index contributed by atoms with van der Waals surface area (Å²) in [5.41, 5.74) is 7.22. The molecule has 0 fully saturated rings. The number of hydrogen-bond acceptors (Lipinski definition) is 2. The first-order valence-electron chi connectivity index (χ1n) is 4.53. The van der Waals surface area contributed by atoms with Gasteiger partial charge in [-0.3, -0.25) is 0 Å². The van der Waals surface area contributed by atoms with Gasteiger partial charge in [-0.15, -0.1) is 11.3 Å². The van der Waals surface area contributed by atoms with Crippen LogP contribution in [0, 0.1) is 3.57 Å². The lowest BCUT2D eigenvalue weighted by Gasteiger charge is -2.12. The van der Waals surface area contributed by atoms with Gasteiger partial charge in [0.25, 0.3) is 0 Å². The second kappa shape index (κ2) is 5.23. The van der Waals surface area contributed by atoms with Crippen LogP contribution in [0.2, 0.25) is 9.36 Å². The molecule has 0 radical (unpaired) electrons. The van der Waals surface area contributed by atoms with Crippen molar-refractivity contribution in [1.82, 2.24) is 0 Å². The predicted molar refractivity (Wildman–Crippen MR) is 79.5 cm³/mol. The van der Waals surface area contributed by atoms with Gasteiger partial charge in [-0.1, -0.05) is 23.2 Å². The van der Waals surface area contributed by atoms with Crippen molar-refractivity contribution in [3.05, 3.63) is 53.7 Å². The molecule has 1 unspecified atom stereocenters. The third-order valence-corrected chi connectivity index (χ3v) is 4.73. The van der Waals surface area contributed by atoms with Gasteiger partial charge in [0.1, 0.15) is 0 Å². The molecule has 1 aromatic heterocycles. The Bertz CT molecular complexity index is 512. The molecule has 2 aromatic rings. The number of hydrogen-bond donors (Lipinski definition) is 1. The second-order valence-corrected chi connectivity index (χ2v) is 6.63. The van der Waals surface area contributed by atoms with Crippen LogP contribution >= 0.6 is 57.1 Å². The number of nitrogens with two attached hydrogens (primary N) is 1. The average molecular weight is 384 g/mol. The Morgan fingerprint density at radius 3 is 2.56 bits per heavy atom. The molecule has 1 heterocycles. The van der Waals surface area contributed by atoms with Crippen LogP contribution in [0.25, 0.3) is 0 Å². The average Bonchev–Trinajstić information content (AvgIpc) is 2.67. The van der Waals surface area contributed by atoms with Crippen molar-refractivity contribution in [3.8, 4) is 0 Å². The van der Waals surface area contributed by atoms with Gasteiger partial charge in [-0.2, -0.15) is 0 Å². The first-order chi connectivity index (χ1) is 7.58. The standard InChI is InChI=1S/C11H8Cl2INS/c12-6-1-2-8(14)7(5-6)11(15)9-3-4-10(13)16-9/h1-5,11H,15H2. The Labute approximate surface area is 122 Å². The van der Waals surface area contributed by atoms with Crippen LogP contribution in [0.5, 0.6) is 0 Å². The molecule has 0 aliphatic rings. The minimum Gasteiger partial charge on any atom is -0.320 e. The number of benzene rings is 1. The summed E-state index contributed by atoms with van der Waals surface area (Å²) in [4.78, 5) is 1.05. The Hall–Kier alpha value is 0.190. The minimum absolute atomic E-state index is 0.164. The fourth-order valence-electron chi connectivity index (χ4n) is 1.40. The molecule has 1 nitrogen and oxygen atoms in total. The van der Waals surface area contributed by atoms with Crippen molar-refractivity contribution in [2.75, 3.05) is 0 Å². The van der Waals surface area contributed by atoms with E-state index in [4.69, 9.17) is 28.9 Å². The van der Waals surface area contributed by atoms with Gasteiger partial charge in [0.2, 0.25) is 0 Å². The van der Waals surface area contributed by atoms with E-state index in [1.165, 1.54) is 11.3 Å². The zero-order valence-electron chi connectivity index (χ0n) is 8.08. The third-order valence-electron chi connectivity index (χ3n) is 2.19. The summed E-state index contributed by atoms with van der Waals surface area (Å²) in [6.07, 6.45) is 0. The molecule has 0 saturated heterocycles. The topological polar surface area (TPSA) is 26.0 Å². The van der Waals surface area contributed by atoms with E-state index in [1.54, 1.807) is 0 Å². The lowest BCUT2D eigenvalue weighted by Crippen LogP contribution is -2.11. The van der Waals surface area contributed by atoms with Crippen molar-refractivity contribution in [1.29, 1.82) is 0 Å². The van der Waals surface area contributed by atoms with Crippen LogP contribution in [0.4, 0.5) is 0 Å². The number of thiophene rings is 1. The van der Waals surface area contributed by atoms with Crippen LogP contribution in [-0.2, 0) is 0 Å². The second-order valence-electron chi connectivity index (χ2n) is 3.29. The van der Waals surface area contributed by atoms with E-state index in [1.807, 2.05) is 30.3 Å². The summed E-state index contributed by atoms with van der Waals surface area (Å²) in [5, 5.41) is 0.702. The zero-order valence-corrected chi connectivity index (χ0v) is 12.6. The number of rotatable bonds is 2. The van der Waals surface area contributed by atoms with Gasteiger partial charge in [-0.05, 0) is 58.5 Å². The van der Waals surface area contributed by atoms with E-state index in [9.17, 15) is 0 Å². The van der Waals surface area contributed by atoms with E-state index < -0.39 is 0 Å². The van der Waals surface area contributed by atoms with E-state index in [0.717, 1.165) is 18.3 Å². The van der Waals surface area contributed by atoms with Crippen molar-refractivity contribution in [3.63, 3.8) is 0 Å². The van der Waals surface area contributed by atoms with Crippen LogP contribution in [0.1, 0.15) is 16.5 Å². The molecule has 0 aliphatic heterocycles. The molecule has 0 bridgehead atoms. The van der Waals surface area contributed by atoms with Gasteiger partial charge >= 0.3 is 0 Å². The van der Waals surface area contributed by atoms with Crippen LogP contribution < -0.4 is 5.73 Å². The highest BCUT2D eigenvalue weighted by Crippen LogP contribution is 2.32. The van der Waals surface area contributed by atoms with Crippen molar-refractivity contribution < 1.29 is 0 Å². The maximum Gasteiger partial charge on any atom is 0.0931 e. The first-order valence-corrected chi connectivity index (χ1v) is 7.19. The largest absolute Gasteiger partial charge is 0.320 e. The molecule has 0 spiro atoms. The molecule has 1 aromatic carbocycles. The summed E-state index contributed by atoms with van der Waals surface area (Å²) in [5.74, 6) is 0. The molecule has 5 heteroatoms. The predicted octanol–water partition coefficient (Wildman–Crippen LogP) is 4.71. The third kappa shape index (κ3) is 2.71. The lowest BCUT2D eigenvalue weighted by molar-refractivity contribution is 0.887. The molecule has 0 amide bonds. The maximum atomic E-state index is 6.19. The molecule has 2 rings (SSSR count). The quantitative estimate of drug-likeness (QED) is 0.747. The molecule has 16 heavy (non-hydrogen) atoms. The van der Waals surface area contributed by atoms with Crippen molar-refractivity contribution in [2.24, 2.45) is 5.73 Å². The molecule has 84 valence electrons.